The zero-order valence-corrected chi connectivity index (χ0v) is 35.1. The van der Waals surface area contributed by atoms with Crippen molar-refractivity contribution in [3.63, 3.8) is 0 Å². The molecule has 6 aliphatic carbocycles. The van der Waals surface area contributed by atoms with Gasteiger partial charge < -0.3 is 4.90 Å². The minimum absolute atomic E-state index is 0.0548. The Hall–Kier alpha value is -5.40. The van der Waals surface area contributed by atoms with Crippen molar-refractivity contribution in [1.29, 1.82) is 0 Å². The van der Waals surface area contributed by atoms with Crippen LogP contribution < -0.4 is 4.90 Å². The molecule has 1 nitrogen and oxygen atoms in total. The Balaban J connectivity index is 0.987. The van der Waals surface area contributed by atoms with E-state index >= 15 is 0 Å². The van der Waals surface area contributed by atoms with Crippen molar-refractivity contribution in [3.05, 3.63) is 174 Å². The summed E-state index contributed by atoms with van der Waals surface area (Å²) < 4.78 is 0. The van der Waals surface area contributed by atoms with Crippen LogP contribution in [0.15, 0.2) is 152 Å². The molecular weight excluding hydrogens is 711 g/mol. The molecule has 0 unspecified atom stereocenters. The first-order valence-corrected chi connectivity index (χ1v) is 22.6. The highest BCUT2D eigenvalue weighted by atomic mass is 15.1. The molecule has 0 radical (unpaired) electrons. The predicted octanol–water partition coefficient (Wildman–Crippen LogP) is 15.7. The predicted molar refractivity (Wildman–Crippen MR) is 248 cm³/mol. The fourth-order valence-corrected chi connectivity index (χ4v) is 13.7. The lowest BCUT2D eigenvalue weighted by atomic mass is 9.43. The van der Waals surface area contributed by atoms with Crippen LogP contribution in [0.3, 0.4) is 0 Å². The molecule has 6 aliphatic rings. The number of fused-ring (bicyclic) bond motifs is 5. The van der Waals surface area contributed by atoms with Gasteiger partial charge in [0.25, 0.3) is 0 Å². The maximum atomic E-state index is 2.61. The molecule has 4 fully saturated rings. The molecule has 0 aromatic heterocycles. The second-order valence-corrected chi connectivity index (χ2v) is 20.4. The maximum absolute atomic E-state index is 2.61. The zero-order chi connectivity index (χ0) is 39.7. The summed E-state index contributed by atoms with van der Waals surface area (Å²) in [5.41, 5.74) is 18.4. The van der Waals surface area contributed by atoms with Gasteiger partial charge in [-0.2, -0.15) is 0 Å². The van der Waals surface area contributed by atoms with Crippen LogP contribution in [0, 0.1) is 23.7 Å². The highest BCUT2D eigenvalue weighted by Crippen LogP contribution is 2.69. The second kappa shape index (κ2) is 12.8. The molecule has 7 aromatic rings. The molecule has 0 aliphatic heterocycles. The van der Waals surface area contributed by atoms with Gasteiger partial charge in [0.15, 0.2) is 0 Å². The molecule has 13 rings (SSSR count). The zero-order valence-electron chi connectivity index (χ0n) is 35.1. The van der Waals surface area contributed by atoms with E-state index in [4.69, 9.17) is 0 Å². The van der Waals surface area contributed by atoms with Gasteiger partial charge in [-0.25, -0.2) is 0 Å². The molecule has 0 atom stereocenters. The van der Waals surface area contributed by atoms with Gasteiger partial charge in [0, 0.05) is 16.8 Å². The van der Waals surface area contributed by atoms with Crippen molar-refractivity contribution >= 4 is 27.8 Å². The Morgan fingerprint density at radius 1 is 0.441 bits per heavy atom. The van der Waals surface area contributed by atoms with E-state index in [9.17, 15) is 0 Å². The van der Waals surface area contributed by atoms with Gasteiger partial charge in [-0.3, -0.25) is 0 Å². The van der Waals surface area contributed by atoms with Crippen molar-refractivity contribution in [1.82, 2.24) is 0 Å². The first-order chi connectivity index (χ1) is 28.7. The standard InChI is InChI=1S/C58H55N/c1-56(2)29-30-57(3,4)55-53(56)17-10-18-54(55)59(45-25-23-40(24-26-45)39-19-21-42(22-20-39)48-15-9-12-41-11-5-6-13-47(41)48)46-27-28-52-50(36-46)49-14-7-8-16-51(49)58(52)43-32-37-31-38(34-43)35-44(58)33-37/h5-28,36-38,43-44H,29-35H2,1-4H3. The first-order valence-electron chi connectivity index (χ1n) is 22.6. The fraction of sp³-hybridized carbons (Fsp3) is 0.310. The van der Waals surface area contributed by atoms with Crippen molar-refractivity contribution in [3.8, 4) is 33.4 Å². The Morgan fingerprint density at radius 2 is 1.00 bits per heavy atom. The molecule has 4 saturated carbocycles. The van der Waals surface area contributed by atoms with Crippen LogP contribution in [0.1, 0.15) is 94.9 Å². The summed E-state index contributed by atoms with van der Waals surface area (Å²) >= 11 is 0. The van der Waals surface area contributed by atoms with Gasteiger partial charge in [0.05, 0.1) is 5.69 Å². The van der Waals surface area contributed by atoms with E-state index in [1.807, 2.05) is 0 Å². The normalized spacial score (nSPS) is 25.2. The van der Waals surface area contributed by atoms with E-state index in [-0.39, 0.29) is 16.2 Å². The third-order valence-electron chi connectivity index (χ3n) is 16.3. The number of hydrogen-bond acceptors (Lipinski definition) is 1. The van der Waals surface area contributed by atoms with E-state index in [1.165, 1.54) is 117 Å². The van der Waals surface area contributed by atoms with E-state index in [1.54, 1.807) is 11.1 Å². The van der Waals surface area contributed by atoms with Gasteiger partial charge >= 0.3 is 0 Å². The smallest absolute Gasteiger partial charge is 0.0502 e. The summed E-state index contributed by atoms with van der Waals surface area (Å²) in [6, 6.07) is 58.3. The Bertz CT molecular complexity index is 2750. The average molecular weight is 766 g/mol. The number of nitrogens with zero attached hydrogens (tertiary/aromatic N) is 1. The third kappa shape index (κ3) is 5.22. The molecule has 1 heteroatoms. The van der Waals surface area contributed by atoms with Crippen LogP contribution in [0.25, 0.3) is 44.2 Å². The summed E-state index contributed by atoms with van der Waals surface area (Å²) in [6.07, 6.45) is 9.50. The minimum Gasteiger partial charge on any atom is -0.310 e. The van der Waals surface area contributed by atoms with Gasteiger partial charge in [0.2, 0.25) is 0 Å². The molecular formula is C58H55N. The molecule has 0 N–H and O–H groups in total. The van der Waals surface area contributed by atoms with Crippen LogP contribution in [0.4, 0.5) is 17.1 Å². The molecule has 1 spiro atoms. The third-order valence-corrected chi connectivity index (χ3v) is 16.3. The lowest BCUT2D eigenvalue weighted by Gasteiger charge is -2.61. The molecule has 292 valence electrons. The highest BCUT2D eigenvalue weighted by Gasteiger charge is 2.61. The number of hydrogen-bond donors (Lipinski definition) is 0. The number of rotatable bonds is 5. The maximum Gasteiger partial charge on any atom is 0.0502 e. The lowest BCUT2D eigenvalue weighted by molar-refractivity contribution is -0.0399. The quantitative estimate of drug-likeness (QED) is 0.169. The second-order valence-electron chi connectivity index (χ2n) is 20.4. The highest BCUT2D eigenvalue weighted by molar-refractivity contribution is 5.97. The summed E-state index contributed by atoms with van der Waals surface area (Å²) in [6.45, 7) is 9.85. The van der Waals surface area contributed by atoms with Crippen molar-refractivity contribution in [2.75, 3.05) is 4.90 Å². The molecule has 7 aromatic carbocycles. The van der Waals surface area contributed by atoms with Crippen molar-refractivity contribution < 1.29 is 0 Å². The van der Waals surface area contributed by atoms with Crippen LogP contribution >= 0.6 is 0 Å². The minimum atomic E-state index is 0.0548. The SMILES string of the molecule is CC1(C)CCC(C)(C)c2c(N(c3ccc(-c4ccc(-c5cccc6ccccc56)cc4)cc3)c3ccc4c(c3)-c3ccccc3C43C4CC5CC(C4)CC3C5)cccc21. The largest absolute Gasteiger partial charge is 0.310 e. The monoisotopic (exact) mass is 765 g/mol. The summed E-state index contributed by atoms with van der Waals surface area (Å²) in [5.74, 6) is 3.41. The Kier molecular flexibility index (Phi) is 7.71. The van der Waals surface area contributed by atoms with Crippen molar-refractivity contribution in [2.24, 2.45) is 23.7 Å². The topological polar surface area (TPSA) is 3.24 Å². The molecule has 59 heavy (non-hydrogen) atoms. The van der Waals surface area contributed by atoms with Crippen LogP contribution in [0.5, 0.6) is 0 Å². The summed E-state index contributed by atoms with van der Waals surface area (Å²) in [4.78, 5) is 2.61. The van der Waals surface area contributed by atoms with Crippen molar-refractivity contribution in [2.45, 2.75) is 88.9 Å². The number of anilines is 3. The van der Waals surface area contributed by atoms with E-state index in [2.05, 4.69) is 184 Å². The lowest BCUT2D eigenvalue weighted by Crippen LogP contribution is -2.55. The van der Waals surface area contributed by atoms with E-state index in [0.29, 0.717) is 0 Å². The molecule has 4 bridgehead atoms. The average Bonchev–Trinajstić information content (AvgIpc) is 3.54. The first kappa shape index (κ1) is 35.5. The fourth-order valence-electron chi connectivity index (χ4n) is 13.7. The Morgan fingerprint density at radius 3 is 1.76 bits per heavy atom. The van der Waals surface area contributed by atoms with Gasteiger partial charge in [-0.1, -0.05) is 149 Å². The van der Waals surface area contributed by atoms with Gasteiger partial charge in [0.1, 0.15) is 0 Å². The Labute approximate surface area is 351 Å². The van der Waals surface area contributed by atoms with E-state index in [0.717, 1.165) is 23.7 Å². The number of benzene rings is 7. The van der Waals surface area contributed by atoms with Gasteiger partial charge in [-0.05, 0) is 176 Å². The van der Waals surface area contributed by atoms with Crippen LogP contribution in [-0.4, -0.2) is 0 Å². The summed E-state index contributed by atoms with van der Waals surface area (Å²) in [7, 11) is 0. The molecule has 0 heterocycles. The summed E-state index contributed by atoms with van der Waals surface area (Å²) in [5, 5.41) is 2.57. The van der Waals surface area contributed by atoms with Crippen LogP contribution in [0.2, 0.25) is 0 Å². The molecule has 0 saturated heterocycles. The molecule has 0 amide bonds. The van der Waals surface area contributed by atoms with E-state index < -0.39 is 0 Å². The van der Waals surface area contributed by atoms with Gasteiger partial charge in [-0.15, -0.1) is 0 Å². The van der Waals surface area contributed by atoms with Crippen LogP contribution in [-0.2, 0) is 16.2 Å².